The van der Waals surface area contributed by atoms with E-state index >= 15 is 0 Å². The molecule has 2 heterocycles. The second-order valence-corrected chi connectivity index (χ2v) is 9.41. The van der Waals surface area contributed by atoms with Crippen molar-refractivity contribution in [3.8, 4) is 0 Å². The van der Waals surface area contributed by atoms with Gasteiger partial charge in [0.15, 0.2) is 15.7 Å². The van der Waals surface area contributed by atoms with Crippen LogP contribution in [0, 0.1) is 0 Å². The van der Waals surface area contributed by atoms with Crippen LogP contribution in [0.25, 0.3) is 11.0 Å². The van der Waals surface area contributed by atoms with Gasteiger partial charge in [-0.1, -0.05) is 24.3 Å². The Kier molecular flexibility index (Phi) is 4.44. The van der Waals surface area contributed by atoms with Gasteiger partial charge in [0.25, 0.3) is 5.91 Å². The average molecular weight is 430 g/mol. The topological polar surface area (TPSA) is 104 Å². The van der Waals surface area contributed by atoms with Crippen LogP contribution in [0.3, 0.4) is 0 Å². The first-order valence-corrected chi connectivity index (χ1v) is 11.5. The zero-order valence-corrected chi connectivity index (χ0v) is 17.4. The van der Waals surface area contributed by atoms with Gasteiger partial charge in [0.05, 0.1) is 22.5 Å². The van der Waals surface area contributed by atoms with Crippen molar-refractivity contribution in [1.29, 1.82) is 0 Å². The molecule has 31 heavy (non-hydrogen) atoms. The number of aromatic nitrogens is 2. The number of benzene rings is 3. The van der Waals surface area contributed by atoms with Crippen molar-refractivity contribution < 1.29 is 13.2 Å². The van der Waals surface area contributed by atoms with Crippen LogP contribution in [0.1, 0.15) is 27.3 Å². The minimum absolute atomic E-state index is 0.105. The number of carbonyl (C=O) groups excluding carboxylic acids is 1. The van der Waals surface area contributed by atoms with Gasteiger partial charge in [-0.3, -0.25) is 9.79 Å². The molecule has 0 saturated heterocycles. The van der Waals surface area contributed by atoms with Gasteiger partial charge in [0, 0.05) is 23.1 Å². The van der Waals surface area contributed by atoms with Gasteiger partial charge in [-0.2, -0.15) is 0 Å². The van der Waals surface area contributed by atoms with Crippen LogP contribution < -0.4 is 5.32 Å². The van der Waals surface area contributed by atoms with Crippen molar-refractivity contribution >= 4 is 38.2 Å². The van der Waals surface area contributed by atoms with Crippen LogP contribution in [0.15, 0.2) is 76.6 Å². The molecule has 0 fully saturated rings. The number of anilines is 1. The molecule has 0 unspecified atom stereocenters. The van der Waals surface area contributed by atoms with E-state index < -0.39 is 9.84 Å². The first kappa shape index (κ1) is 19.2. The van der Waals surface area contributed by atoms with Crippen molar-refractivity contribution in [1.82, 2.24) is 9.97 Å². The van der Waals surface area contributed by atoms with Crippen molar-refractivity contribution in [3.05, 3.63) is 89.2 Å². The molecule has 3 aromatic carbocycles. The van der Waals surface area contributed by atoms with Crippen molar-refractivity contribution in [2.45, 2.75) is 11.4 Å². The number of aliphatic imine (C=N–C) groups is 1. The smallest absolute Gasteiger partial charge is 0.255 e. The van der Waals surface area contributed by atoms with Gasteiger partial charge in [0.2, 0.25) is 0 Å². The lowest BCUT2D eigenvalue weighted by molar-refractivity contribution is 0.102. The van der Waals surface area contributed by atoms with E-state index in [0.717, 1.165) is 34.1 Å². The number of nitrogens with zero attached hydrogens (tertiary/aromatic N) is 2. The summed E-state index contributed by atoms with van der Waals surface area (Å²) in [5, 5.41) is 2.85. The third-order valence-corrected chi connectivity index (χ3v) is 6.28. The molecule has 8 heteroatoms. The van der Waals surface area contributed by atoms with Crippen LogP contribution in [-0.4, -0.2) is 36.3 Å². The Morgan fingerprint density at radius 3 is 2.68 bits per heavy atom. The van der Waals surface area contributed by atoms with E-state index in [1.165, 1.54) is 12.1 Å². The SMILES string of the molecule is CS(=O)(=O)c1cccc(C(=O)Nc2ccc3c(c2)C(c2nc4ccccc4[nH]2)=NC3)c1. The maximum Gasteiger partial charge on any atom is 0.255 e. The number of hydrogen-bond donors (Lipinski definition) is 2. The Morgan fingerprint density at radius 2 is 1.87 bits per heavy atom. The molecule has 0 bridgehead atoms. The van der Waals surface area contributed by atoms with E-state index in [1.807, 2.05) is 42.5 Å². The fraction of sp³-hybridized carbons (Fsp3) is 0.0870. The number of hydrogen-bond acceptors (Lipinski definition) is 5. The summed E-state index contributed by atoms with van der Waals surface area (Å²) in [5.41, 5.74) is 5.37. The Hall–Kier alpha value is -3.78. The number of sulfone groups is 1. The van der Waals surface area contributed by atoms with Gasteiger partial charge in [-0.25, -0.2) is 13.4 Å². The summed E-state index contributed by atoms with van der Waals surface area (Å²) in [6.07, 6.45) is 1.11. The Bertz CT molecular complexity index is 1450. The van der Waals surface area contributed by atoms with Crippen LogP contribution in [0.4, 0.5) is 5.69 Å². The molecule has 4 aromatic rings. The predicted octanol–water partition coefficient (Wildman–Crippen LogP) is 3.57. The quantitative estimate of drug-likeness (QED) is 0.516. The minimum Gasteiger partial charge on any atom is -0.337 e. The van der Waals surface area contributed by atoms with Crippen molar-refractivity contribution in [2.24, 2.45) is 4.99 Å². The average Bonchev–Trinajstić information content (AvgIpc) is 3.36. The molecular formula is C23H18N4O3S. The summed E-state index contributed by atoms with van der Waals surface area (Å²) in [6, 6.07) is 19.4. The summed E-state index contributed by atoms with van der Waals surface area (Å²) in [5.74, 6) is 0.301. The normalized spacial score (nSPS) is 13.1. The molecule has 1 aliphatic heterocycles. The molecule has 0 radical (unpaired) electrons. The maximum absolute atomic E-state index is 12.7. The van der Waals surface area contributed by atoms with E-state index in [4.69, 9.17) is 0 Å². The fourth-order valence-electron chi connectivity index (χ4n) is 3.60. The Morgan fingerprint density at radius 1 is 1.03 bits per heavy atom. The van der Waals surface area contributed by atoms with Gasteiger partial charge >= 0.3 is 0 Å². The van der Waals surface area contributed by atoms with Crippen LogP contribution >= 0.6 is 0 Å². The summed E-state index contributed by atoms with van der Waals surface area (Å²) in [4.78, 5) is 25.4. The number of rotatable bonds is 4. The minimum atomic E-state index is -3.40. The number of aromatic amines is 1. The van der Waals surface area contributed by atoms with Crippen molar-refractivity contribution in [2.75, 3.05) is 11.6 Å². The van der Waals surface area contributed by atoms with Crippen LogP contribution in [0.5, 0.6) is 0 Å². The Labute approximate surface area is 178 Å². The molecule has 0 saturated carbocycles. The summed E-state index contributed by atoms with van der Waals surface area (Å²) >= 11 is 0. The summed E-state index contributed by atoms with van der Waals surface area (Å²) < 4.78 is 23.6. The first-order valence-electron chi connectivity index (χ1n) is 9.63. The van der Waals surface area contributed by atoms with Crippen LogP contribution in [-0.2, 0) is 16.4 Å². The number of nitrogens with one attached hydrogen (secondary N) is 2. The second-order valence-electron chi connectivity index (χ2n) is 7.39. The highest BCUT2D eigenvalue weighted by Gasteiger charge is 2.21. The van der Waals surface area contributed by atoms with Gasteiger partial charge in [-0.05, 0) is 48.0 Å². The zero-order valence-electron chi connectivity index (χ0n) is 16.6. The number of imidazole rings is 1. The molecule has 154 valence electrons. The number of H-pyrrole nitrogens is 1. The van der Waals surface area contributed by atoms with E-state index in [2.05, 4.69) is 20.3 Å². The van der Waals surface area contributed by atoms with Gasteiger partial charge in [0.1, 0.15) is 5.71 Å². The highest BCUT2D eigenvalue weighted by molar-refractivity contribution is 7.90. The molecule has 7 nitrogen and oxygen atoms in total. The Balaban J connectivity index is 1.44. The molecule has 1 amide bonds. The summed E-state index contributed by atoms with van der Waals surface area (Å²) in [7, 11) is -3.40. The second kappa shape index (κ2) is 7.17. The monoisotopic (exact) mass is 430 g/mol. The first-order chi connectivity index (χ1) is 14.9. The molecule has 2 N–H and O–H groups in total. The molecular weight excluding hydrogens is 412 g/mol. The van der Waals surface area contributed by atoms with Gasteiger partial charge < -0.3 is 10.3 Å². The van der Waals surface area contributed by atoms with Crippen molar-refractivity contribution in [3.63, 3.8) is 0 Å². The predicted molar refractivity (Wildman–Crippen MR) is 119 cm³/mol. The molecule has 1 aliphatic rings. The number of para-hydroxylation sites is 2. The van der Waals surface area contributed by atoms with E-state index in [0.29, 0.717) is 18.1 Å². The molecule has 5 rings (SSSR count). The third-order valence-electron chi connectivity index (χ3n) is 5.17. The standard InChI is InChI=1S/C23H18N4O3S/c1-31(29,30)17-6-4-5-14(11-17)23(28)25-16-10-9-15-13-24-21(18(15)12-16)22-26-19-7-2-3-8-20(19)27-22/h2-12H,13H2,1H3,(H,25,28)(H,26,27). The molecule has 0 spiro atoms. The molecule has 0 atom stereocenters. The van der Waals surface area contributed by atoms with Gasteiger partial charge in [-0.15, -0.1) is 0 Å². The van der Waals surface area contributed by atoms with E-state index in [9.17, 15) is 13.2 Å². The maximum atomic E-state index is 12.7. The molecule has 1 aromatic heterocycles. The lowest BCUT2D eigenvalue weighted by atomic mass is 10.0. The lowest BCUT2D eigenvalue weighted by Gasteiger charge is -2.09. The highest BCUT2D eigenvalue weighted by atomic mass is 32.2. The van der Waals surface area contributed by atoms with E-state index in [1.54, 1.807) is 12.1 Å². The lowest BCUT2D eigenvalue weighted by Crippen LogP contribution is -2.13. The summed E-state index contributed by atoms with van der Waals surface area (Å²) in [6.45, 7) is 0.548. The fourth-order valence-corrected chi connectivity index (χ4v) is 4.27. The largest absolute Gasteiger partial charge is 0.337 e. The zero-order chi connectivity index (χ0) is 21.6. The van der Waals surface area contributed by atoms with E-state index in [-0.39, 0.29) is 16.4 Å². The van der Waals surface area contributed by atoms with Crippen LogP contribution in [0.2, 0.25) is 0 Å². The molecule has 0 aliphatic carbocycles. The number of amides is 1. The number of fused-ring (bicyclic) bond motifs is 2. The highest BCUT2D eigenvalue weighted by Crippen LogP contribution is 2.26. The third kappa shape index (κ3) is 3.62. The number of carbonyl (C=O) groups is 1.